The molecule has 1 saturated heterocycles. The highest BCUT2D eigenvalue weighted by atomic mass is 16.5. The molecule has 0 aromatic rings. The normalized spacial score (nSPS) is 21.2. The van der Waals surface area contributed by atoms with E-state index < -0.39 is 25.4 Å². The maximum absolute atomic E-state index is 11.7. The predicted octanol–water partition coefficient (Wildman–Crippen LogP) is -2.80. The zero-order valence-corrected chi connectivity index (χ0v) is 9.69. The third-order valence-corrected chi connectivity index (χ3v) is 2.73. The second kappa shape index (κ2) is 6.87. The molecule has 5 N–H and O–H groups in total. The van der Waals surface area contributed by atoms with Gasteiger partial charge in [-0.2, -0.15) is 0 Å². The van der Waals surface area contributed by atoms with Crippen molar-refractivity contribution in [3.05, 3.63) is 0 Å². The molecule has 17 heavy (non-hydrogen) atoms. The lowest BCUT2D eigenvalue weighted by Crippen LogP contribution is -2.57. The minimum Gasteiger partial charge on any atom is -0.394 e. The van der Waals surface area contributed by atoms with Crippen molar-refractivity contribution >= 4 is 5.91 Å². The van der Waals surface area contributed by atoms with Crippen LogP contribution in [0.25, 0.3) is 0 Å². The molecule has 1 heterocycles. The minimum absolute atomic E-state index is 0.134. The first kappa shape index (κ1) is 14.3. The van der Waals surface area contributed by atoms with Crippen molar-refractivity contribution < 1.29 is 24.9 Å². The summed E-state index contributed by atoms with van der Waals surface area (Å²) < 4.78 is 5.35. The number of carbonyl (C=O) groups excluding carboxylic acids is 1. The Kier molecular flexibility index (Phi) is 5.79. The van der Waals surface area contributed by atoms with E-state index in [1.807, 2.05) is 0 Å². The van der Waals surface area contributed by atoms with Gasteiger partial charge in [0.2, 0.25) is 5.91 Å². The number of aliphatic hydroxyl groups excluding tert-OH is 3. The largest absolute Gasteiger partial charge is 0.394 e. The van der Waals surface area contributed by atoms with Crippen molar-refractivity contribution in [2.75, 3.05) is 39.5 Å². The zero-order valence-electron chi connectivity index (χ0n) is 9.69. The van der Waals surface area contributed by atoms with E-state index in [-0.39, 0.29) is 18.4 Å². The van der Waals surface area contributed by atoms with Crippen LogP contribution in [0, 0.1) is 0 Å². The Morgan fingerprint density at radius 2 is 2.00 bits per heavy atom. The van der Waals surface area contributed by atoms with E-state index in [9.17, 15) is 4.79 Å². The van der Waals surface area contributed by atoms with Crippen LogP contribution in [0.2, 0.25) is 0 Å². The standard InChI is InChI=1S/C10H20N2O5/c13-5-10(6-14,7-15)12-9(16)3-8-4-11-1-2-17-8/h8,11,13-15H,1-7H2,(H,12,16). The van der Waals surface area contributed by atoms with Gasteiger partial charge in [0.1, 0.15) is 5.54 Å². The number of nitrogens with one attached hydrogen (secondary N) is 2. The molecule has 1 amide bonds. The first-order chi connectivity index (χ1) is 8.15. The van der Waals surface area contributed by atoms with Gasteiger partial charge < -0.3 is 30.7 Å². The SMILES string of the molecule is O=C(CC1CNCCO1)NC(CO)(CO)CO. The van der Waals surface area contributed by atoms with Crippen LogP contribution in [0.15, 0.2) is 0 Å². The number of ether oxygens (including phenoxy) is 1. The Bertz CT molecular complexity index is 231. The van der Waals surface area contributed by atoms with Gasteiger partial charge in [-0.05, 0) is 0 Å². The minimum atomic E-state index is -1.36. The quantitative estimate of drug-likeness (QED) is 0.347. The highest BCUT2D eigenvalue weighted by Crippen LogP contribution is 2.06. The third kappa shape index (κ3) is 4.21. The molecule has 0 spiro atoms. The van der Waals surface area contributed by atoms with Crippen molar-refractivity contribution in [3.63, 3.8) is 0 Å². The van der Waals surface area contributed by atoms with Gasteiger partial charge in [-0.25, -0.2) is 0 Å². The van der Waals surface area contributed by atoms with Gasteiger partial charge in [-0.3, -0.25) is 4.79 Å². The molecule has 7 heteroatoms. The molecule has 1 rings (SSSR count). The van der Waals surface area contributed by atoms with Crippen molar-refractivity contribution in [3.8, 4) is 0 Å². The Labute approximate surface area is 99.8 Å². The second-order valence-corrected chi connectivity index (χ2v) is 4.20. The van der Waals surface area contributed by atoms with Crippen LogP contribution in [0.4, 0.5) is 0 Å². The van der Waals surface area contributed by atoms with Gasteiger partial charge in [0.25, 0.3) is 0 Å². The van der Waals surface area contributed by atoms with Crippen LogP contribution in [-0.2, 0) is 9.53 Å². The predicted molar refractivity (Wildman–Crippen MR) is 59.4 cm³/mol. The fourth-order valence-corrected chi connectivity index (χ4v) is 1.57. The summed E-state index contributed by atoms with van der Waals surface area (Å²) in [6.07, 6.45) is -0.0769. The molecule has 1 unspecified atom stereocenters. The molecule has 0 saturated carbocycles. The van der Waals surface area contributed by atoms with Crippen LogP contribution in [0.5, 0.6) is 0 Å². The fraction of sp³-hybridized carbons (Fsp3) is 0.900. The summed E-state index contributed by atoms with van der Waals surface area (Å²) in [5.74, 6) is -0.365. The van der Waals surface area contributed by atoms with E-state index in [2.05, 4.69) is 10.6 Å². The topological polar surface area (TPSA) is 111 Å². The maximum atomic E-state index is 11.7. The van der Waals surface area contributed by atoms with Crippen LogP contribution in [0.1, 0.15) is 6.42 Å². The van der Waals surface area contributed by atoms with Crippen LogP contribution in [-0.4, -0.2) is 72.4 Å². The smallest absolute Gasteiger partial charge is 0.223 e. The van der Waals surface area contributed by atoms with Gasteiger partial charge in [-0.15, -0.1) is 0 Å². The molecular formula is C10H20N2O5. The van der Waals surface area contributed by atoms with Crippen molar-refractivity contribution in [2.24, 2.45) is 0 Å². The summed E-state index contributed by atoms with van der Waals surface area (Å²) >= 11 is 0. The van der Waals surface area contributed by atoms with Gasteiger partial charge in [-0.1, -0.05) is 0 Å². The van der Waals surface area contributed by atoms with Gasteiger partial charge >= 0.3 is 0 Å². The third-order valence-electron chi connectivity index (χ3n) is 2.73. The summed E-state index contributed by atoms with van der Waals surface area (Å²) in [4.78, 5) is 11.7. The summed E-state index contributed by atoms with van der Waals surface area (Å²) in [5, 5.41) is 32.7. The first-order valence-electron chi connectivity index (χ1n) is 5.62. The van der Waals surface area contributed by atoms with Crippen LogP contribution in [0.3, 0.4) is 0 Å². The molecule has 100 valence electrons. The molecule has 0 aliphatic carbocycles. The Morgan fingerprint density at radius 1 is 1.35 bits per heavy atom. The monoisotopic (exact) mass is 248 g/mol. The van der Waals surface area contributed by atoms with Crippen molar-refractivity contribution in [2.45, 2.75) is 18.1 Å². The van der Waals surface area contributed by atoms with E-state index >= 15 is 0 Å². The lowest BCUT2D eigenvalue weighted by molar-refractivity contribution is -0.128. The lowest BCUT2D eigenvalue weighted by atomic mass is 10.0. The number of amides is 1. The van der Waals surface area contributed by atoms with Gasteiger partial charge in [0.05, 0.1) is 39.0 Å². The summed E-state index contributed by atoms with van der Waals surface area (Å²) in [6.45, 7) is 0.368. The molecule has 1 atom stereocenters. The maximum Gasteiger partial charge on any atom is 0.223 e. The average molecular weight is 248 g/mol. The number of hydrogen-bond acceptors (Lipinski definition) is 6. The summed E-state index contributed by atoms with van der Waals surface area (Å²) in [5.41, 5.74) is -1.36. The highest BCUT2D eigenvalue weighted by molar-refractivity contribution is 5.77. The number of hydrogen-bond donors (Lipinski definition) is 5. The first-order valence-corrected chi connectivity index (χ1v) is 5.62. The van der Waals surface area contributed by atoms with E-state index in [1.165, 1.54) is 0 Å². The summed E-state index contributed by atoms with van der Waals surface area (Å²) in [6, 6.07) is 0. The molecule has 1 fully saturated rings. The van der Waals surface area contributed by atoms with Crippen molar-refractivity contribution in [1.29, 1.82) is 0 Å². The molecule has 1 aliphatic heterocycles. The van der Waals surface area contributed by atoms with E-state index in [0.29, 0.717) is 13.2 Å². The van der Waals surface area contributed by atoms with Crippen molar-refractivity contribution in [1.82, 2.24) is 10.6 Å². The Hall–Kier alpha value is -0.730. The van der Waals surface area contributed by atoms with E-state index in [1.54, 1.807) is 0 Å². The van der Waals surface area contributed by atoms with E-state index in [4.69, 9.17) is 20.1 Å². The van der Waals surface area contributed by atoms with Gasteiger partial charge in [0.15, 0.2) is 0 Å². The zero-order chi connectivity index (χ0) is 12.7. The van der Waals surface area contributed by atoms with Crippen LogP contribution >= 0.6 is 0 Å². The number of rotatable bonds is 6. The van der Waals surface area contributed by atoms with Crippen LogP contribution < -0.4 is 10.6 Å². The molecule has 0 aromatic heterocycles. The Morgan fingerprint density at radius 3 is 2.47 bits per heavy atom. The second-order valence-electron chi connectivity index (χ2n) is 4.20. The average Bonchev–Trinajstić information content (AvgIpc) is 2.37. The number of aliphatic hydroxyl groups is 3. The molecule has 0 bridgehead atoms. The lowest BCUT2D eigenvalue weighted by Gasteiger charge is -2.30. The molecule has 1 aliphatic rings. The number of morpholine rings is 1. The molecule has 7 nitrogen and oxygen atoms in total. The molecular weight excluding hydrogens is 228 g/mol. The highest BCUT2D eigenvalue weighted by Gasteiger charge is 2.30. The molecule has 0 radical (unpaired) electrons. The summed E-state index contributed by atoms with van der Waals surface area (Å²) in [7, 11) is 0. The Balaban J connectivity index is 2.41. The van der Waals surface area contributed by atoms with E-state index in [0.717, 1.165) is 6.54 Å². The van der Waals surface area contributed by atoms with Gasteiger partial charge in [0, 0.05) is 13.1 Å². The fourth-order valence-electron chi connectivity index (χ4n) is 1.57. The number of carbonyl (C=O) groups is 1. The molecule has 0 aromatic carbocycles.